The zero-order valence-corrected chi connectivity index (χ0v) is 12.7. The van der Waals surface area contributed by atoms with E-state index in [2.05, 4.69) is 6.58 Å². The molecule has 0 spiro atoms. The minimum atomic E-state index is -0.792. The molecule has 0 heterocycles. The smallest absolute Gasteiger partial charge is 0.347 e. The molecule has 0 aliphatic rings. The maximum Gasteiger partial charge on any atom is 0.347 e. The first-order valence-electron chi connectivity index (χ1n) is 7.26. The van der Waals surface area contributed by atoms with Crippen LogP contribution in [-0.4, -0.2) is 25.0 Å². The molecule has 2 aromatic carbocycles. The first-order chi connectivity index (χ1) is 11.2. The van der Waals surface area contributed by atoms with Crippen molar-refractivity contribution in [2.45, 2.75) is 12.5 Å². The van der Waals surface area contributed by atoms with E-state index >= 15 is 0 Å². The number of carbonyl (C=O) groups excluding carboxylic acids is 2. The summed E-state index contributed by atoms with van der Waals surface area (Å²) in [6.07, 6.45) is 1.82. The lowest BCUT2D eigenvalue weighted by Gasteiger charge is -2.18. The Hall–Kier alpha value is -2.88. The van der Waals surface area contributed by atoms with Crippen LogP contribution in [0.2, 0.25) is 0 Å². The highest BCUT2D eigenvalue weighted by Gasteiger charge is 2.22. The van der Waals surface area contributed by atoms with Crippen molar-refractivity contribution in [2.75, 3.05) is 6.61 Å². The average molecular weight is 310 g/mol. The fourth-order valence-corrected chi connectivity index (χ4v) is 2.06. The molecule has 2 aromatic rings. The van der Waals surface area contributed by atoms with Crippen molar-refractivity contribution in [3.8, 4) is 5.75 Å². The Morgan fingerprint density at radius 3 is 2.61 bits per heavy atom. The maximum absolute atomic E-state index is 12.2. The maximum atomic E-state index is 12.2. The second-order valence-corrected chi connectivity index (χ2v) is 4.91. The molecule has 0 aliphatic heterocycles. The molecule has 4 nitrogen and oxygen atoms in total. The number of rotatable bonds is 8. The number of hydrogen-bond donors (Lipinski definition) is 0. The first kappa shape index (κ1) is 16.5. The molecule has 0 aromatic heterocycles. The van der Waals surface area contributed by atoms with Crippen molar-refractivity contribution in [1.29, 1.82) is 0 Å². The third-order valence-corrected chi connectivity index (χ3v) is 3.14. The van der Waals surface area contributed by atoms with Gasteiger partial charge in [-0.2, -0.15) is 0 Å². The lowest BCUT2D eigenvalue weighted by atomic mass is 10.1. The molecule has 0 saturated carbocycles. The fraction of sp³-hybridized carbons (Fsp3) is 0.158. The normalized spacial score (nSPS) is 11.3. The van der Waals surface area contributed by atoms with Gasteiger partial charge < -0.3 is 9.47 Å². The Balaban J connectivity index is 2.16. The Labute approximate surface area is 135 Å². The van der Waals surface area contributed by atoms with Gasteiger partial charge in [-0.3, -0.25) is 4.79 Å². The van der Waals surface area contributed by atoms with E-state index in [1.165, 1.54) is 6.08 Å². The SMILES string of the molecule is C=CCOC(=O)C(Cc1ccccc1)Oc1cccc(C=O)c1. The van der Waals surface area contributed by atoms with E-state index in [0.717, 1.165) is 11.8 Å². The molecule has 0 radical (unpaired) electrons. The Kier molecular flexibility index (Phi) is 6.12. The summed E-state index contributed by atoms with van der Waals surface area (Å²) >= 11 is 0. The third kappa shape index (κ3) is 5.11. The highest BCUT2D eigenvalue weighted by molar-refractivity contribution is 5.77. The molecule has 0 fully saturated rings. The molecule has 23 heavy (non-hydrogen) atoms. The van der Waals surface area contributed by atoms with Crippen LogP contribution in [0, 0.1) is 0 Å². The van der Waals surface area contributed by atoms with E-state index in [-0.39, 0.29) is 6.61 Å². The average Bonchev–Trinajstić information content (AvgIpc) is 2.60. The monoisotopic (exact) mass is 310 g/mol. The molecule has 1 unspecified atom stereocenters. The summed E-state index contributed by atoms with van der Waals surface area (Å²) in [7, 11) is 0. The molecule has 0 aliphatic carbocycles. The molecule has 118 valence electrons. The van der Waals surface area contributed by atoms with Gasteiger partial charge in [-0.05, 0) is 17.7 Å². The minimum Gasteiger partial charge on any atom is -0.478 e. The van der Waals surface area contributed by atoms with Crippen molar-refractivity contribution >= 4 is 12.3 Å². The minimum absolute atomic E-state index is 0.127. The standard InChI is InChI=1S/C19H18O4/c1-2-11-22-19(21)18(13-15-7-4-3-5-8-15)23-17-10-6-9-16(12-17)14-20/h2-10,12,14,18H,1,11,13H2. The number of hydrogen-bond acceptors (Lipinski definition) is 4. The van der Waals surface area contributed by atoms with Crippen LogP contribution in [0.4, 0.5) is 0 Å². The number of benzene rings is 2. The summed E-state index contributed by atoms with van der Waals surface area (Å²) < 4.78 is 10.9. The van der Waals surface area contributed by atoms with Gasteiger partial charge in [0.25, 0.3) is 0 Å². The van der Waals surface area contributed by atoms with Gasteiger partial charge in [-0.15, -0.1) is 0 Å². The molecule has 0 amide bonds. The summed E-state index contributed by atoms with van der Waals surface area (Å²) in [6.45, 7) is 3.65. The number of aldehydes is 1. The van der Waals surface area contributed by atoms with E-state index in [1.807, 2.05) is 30.3 Å². The highest BCUT2D eigenvalue weighted by atomic mass is 16.6. The van der Waals surface area contributed by atoms with Crippen LogP contribution in [0.1, 0.15) is 15.9 Å². The third-order valence-electron chi connectivity index (χ3n) is 3.14. The van der Waals surface area contributed by atoms with Crippen LogP contribution >= 0.6 is 0 Å². The molecule has 0 bridgehead atoms. The van der Waals surface area contributed by atoms with Gasteiger partial charge >= 0.3 is 5.97 Å². The summed E-state index contributed by atoms with van der Waals surface area (Å²) in [5.41, 5.74) is 1.44. The van der Waals surface area contributed by atoms with Crippen LogP contribution in [0.3, 0.4) is 0 Å². The van der Waals surface area contributed by atoms with Crippen LogP contribution in [0.5, 0.6) is 5.75 Å². The van der Waals surface area contributed by atoms with Gasteiger partial charge in [0.05, 0.1) is 0 Å². The zero-order chi connectivity index (χ0) is 16.5. The second kappa shape index (κ2) is 8.54. The van der Waals surface area contributed by atoms with Crippen LogP contribution in [-0.2, 0) is 16.0 Å². The number of ether oxygens (including phenoxy) is 2. The number of esters is 1. The van der Waals surface area contributed by atoms with Crippen LogP contribution in [0.15, 0.2) is 67.3 Å². The molecule has 4 heteroatoms. The van der Waals surface area contributed by atoms with Crippen molar-refractivity contribution < 1.29 is 19.1 Å². The number of carbonyl (C=O) groups is 2. The van der Waals surface area contributed by atoms with Crippen LogP contribution in [0.25, 0.3) is 0 Å². The van der Waals surface area contributed by atoms with E-state index in [0.29, 0.717) is 17.7 Å². The summed E-state index contributed by atoms with van der Waals surface area (Å²) in [5.74, 6) is -0.0173. The molecular weight excluding hydrogens is 292 g/mol. The van der Waals surface area contributed by atoms with Crippen molar-refractivity contribution in [3.05, 3.63) is 78.4 Å². The zero-order valence-electron chi connectivity index (χ0n) is 12.7. The highest BCUT2D eigenvalue weighted by Crippen LogP contribution is 2.17. The Morgan fingerprint density at radius 2 is 1.91 bits per heavy atom. The molecular formula is C19H18O4. The predicted molar refractivity (Wildman–Crippen MR) is 87.5 cm³/mol. The predicted octanol–water partition coefficient (Wildman–Crippen LogP) is 3.22. The molecule has 1 atom stereocenters. The molecule has 2 rings (SSSR count). The quantitative estimate of drug-likeness (QED) is 0.427. The van der Waals surface area contributed by atoms with Gasteiger partial charge in [-0.25, -0.2) is 4.79 Å². The fourth-order valence-electron chi connectivity index (χ4n) is 2.06. The van der Waals surface area contributed by atoms with E-state index in [1.54, 1.807) is 24.3 Å². The van der Waals surface area contributed by atoms with E-state index < -0.39 is 12.1 Å². The Morgan fingerprint density at radius 1 is 1.13 bits per heavy atom. The van der Waals surface area contributed by atoms with Gasteiger partial charge in [0.15, 0.2) is 6.10 Å². The van der Waals surface area contributed by atoms with E-state index in [4.69, 9.17) is 9.47 Å². The second-order valence-electron chi connectivity index (χ2n) is 4.91. The topological polar surface area (TPSA) is 52.6 Å². The van der Waals surface area contributed by atoms with Gasteiger partial charge in [0, 0.05) is 12.0 Å². The summed E-state index contributed by atoms with van der Waals surface area (Å²) in [5, 5.41) is 0. The van der Waals surface area contributed by atoms with Crippen LogP contribution < -0.4 is 4.74 Å². The lowest BCUT2D eigenvalue weighted by Crippen LogP contribution is -2.31. The van der Waals surface area contributed by atoms with Crippen molar-refractivity contribution in [2.24, 2.45) is 0 Å². The molecule has 0 N–H and O–H groups in total. The van der Waals surface area contributed by atoms with E-state index in [9.17, 15) is 9.59 Å². The van der Waals surface area contributed by atoms with Crippen molar-refractivity contribution in [3.63, 3.8) is 0 Å². The van der Waals surface area contributed by atoms with Gasteiger partial charge in [-0.1, -0.05) is 55.1 Å². The summed E-state index contributed by atoms with van der Waals surface area (Å²) in [4.78, 5) is 23.1. The first-order valence-corrected chi connectivity index (χ1v) is 7.26. The largest absolute Gasteiger partial charge is 0.478 e. The Bertz CT molecular complexity index is 664. The lowest BCUT2D eigenvalue weighted by molar-refractivity contribution is -0.150. The van der Waals surface area contributed by atoms with Gasteiger partial charge in [0.1, 0.15) is 18.6 Å². The van der Waals surface area contributed by atoms with Gasteiger partial charge in [0.2, 0.25) is 0 Å². The molecule has 0 saturated heterocycles. The summed E-state index contributed by atoms with van der Waals surface area (Å²) in [6, 6.07) is 16.2. The van der Waals surface area contributed by atoms with Crippen molar-refractivity contribution in [1.82, 2.24) is 0 Å².